The number of carbonyl (C=O) groups is 1. The van der Waals surface area contributed by atoms with Crippen molar-refractivity contribution in [2.75, 3.05) is 11.2 Å². The minimum atomic E-state index is -0.0676. The molecule has 3 nitrogen and oxygen atoms in total. The molecule has 0 atom stereocenters. The molecule has 0 saturated heterocycles. The minimum absolute atomic E-state index is 0.0676. The highest BCUT2D eigenvalue weighted by Gasteiger charge is 2.03. The predicted molar refractivity (Wildman–Crippen MR) is 71.5 cm³/mol. The molecular formula is C12H11ClN2OS. The summed E-state index contributed by atoms with van der Waals surface area (Å²) in [5, 5.41) is 5.69. The van der Waals surface area contributed by atoms with Crippen LogP contribution in [0.15, 0.2) is 35.8 Å². The van der Waals surface area contributed by atoms with Crippen molar-refractivity contribution in [1.82, 2.24) is 4.98 Å². The Hall–Kier alpha value is -1.39. The average molecular weight is 267 g/mol. The van der Waals surface area contributed by atoms with Gasteiger partial charge in [0.1, 0.15) is 5.01 Å². The molecule has 0 radical (unpaired) electrons. The average Bonchev–Trinajstić information content (AvgIpc) is 2.84. The van der Waals surface area contributed by atoms with Crippen LogP contribution in [-0.2, 0) is 4.79 Å². The van der Waals surface area contributed by atoms with Crippen molar-refractivity contribution in [2.45, 2.75) is 6.42 Å². The van der Waals surface area contributed by atoms with Gasteiger partial charge in [-0.25, -0.2) is 4.98 Å². The lowest BCUT2D eigenvalue weighted by atomic mass is 10.2. The van der Waals surface area contributed by atoms with Crippen LogP contribution in [0.1, 0.15) is 6.42 Å². The Kier molecular flexibility index (Phi) is 4.12. The molecule has 0 aliphatic carbocycles. The summed E-state index contributed by atoms with van der Waals surface area (Å²) >= 11 is 7.08. The molecule has 17 heavy (non-hydrogen) atoms. The van der Waals surface area contributed by atoms with Crippen LogP contribution < -0.4 is 5.32 Å². The van der Waals surface area contributed by atoms with E-state index in [4.69, 9.17) is 11.6 Å². The number of anilines is 1. The van der Waals surface area contributed by atoms with Crippen LogP contribution in [0.3, 0.4) is 0 Å². The van der Waals surface area contributed by atoms with Crippen LogP contribution in [-0.4, -0.2) is 16.8 Å². The van der Waals surface area contributed by atoms with Gasteiger partial charge < -0.3 is 5.32 Å². The molecule has 0 aliphatic rings. The van der Waals surface area contributed by atoms with E-state index >= 15 is 0 Å². The summed E-state index contributed by atoms with van der Waals surface area (Å²) in [4.78, 5) is 15.5. The Morgan fingerprint density at radius 2 is 2.12 bits per heavy atom. The molecule has 1 N–H and O–H groups in total. The summed E-state index contributed by atoms with van der Waals surface area (Å²) in [6.45, 7) is 0. The number of benzene rings is 1. The van der Waals surface area contributed by atoms with Crippen molar-refractivity contribution in [3.8, 4) is 10.6 Å². The predicted octanol–water partition coefficient (Wildman–Crippen LogP) is 3.38. The third kappa shape index (κ3) is 3.28. The van der Waals surface area contributed by atoms with Gasteiger partial charge in [0.15, 0.2) is 0 Å². The molecule has 0 saturated carbocycles. The first kappa shape index (κ1) is 12.1. The van der Waals surface area contributed by atoms with Crippen molar-refractivity contribution >= 4 is 34.5 Å². The van der Waals surface area contributed by atoms with Gasteiger partial charge in [0, 0.05) is 35.1 Å². The Bertz CT molecular complexity index is 482. The van der Waals surface area contributed by atoms with Crippen LogP contribution in [0, 0.1) is 0 Å². The van der Waals surface area contributed by atoms with Crippen molar-refractivity contribution in [1.29, 1.82) is 0 Å². The lowest BCUT2D eigenvalue weighted by molar-refractivity contribution is -0.115. The molecule has 0 bridgehead atoms. The fourth-order valence-electron chi connectivity index (χ4n) is 1.37. The second kappa shape index (κ2) is 5.80. The molecule has 2 aromatic rings. The van der Waals surface area contributed by atoms with Crippen LogP contribution >= 0.6 is 22.9 Å². The van der Waals surface area contributed by atoms with Gasteiger partial charge >= 0.3 is 0 Å². The van der Waals surface area contributed by atoms with Crippen LogP contribution in [0.5, 0.6) is 0 Å². The van der Waals surface area contributed by atoms with E-state index in [9.17, 15) is 4.79 Å². The van der Waals surface area contributed by atoms with Gasteiger partial charge in [0.2, 0.25) is 5.91 Å². The van der Waals surface area contributed by atoms with Crippen LogP contribution in [0.4, 0.5) is 5.69 Å². The number of nitrogens with one attached hydrogen (secondary N) is 1. The number of hydrogen-bond donors (Lipinski definition) is 1. The maximum atomic E-state index is 11.3. The van der Waals surface area contributed by atoms with E-state index in [-0.39, 0.29) is 5.91 Å². The second-order valence-electron chi connectivity index (χ2n) is 3.40. The molecule has 0 aliphatic heterocycles. The summed E-state index contributed by atoms with van der Waals surface area (Å²) in [6, 6.07) is 7.61. The van der Waals surface area contributed by atoms with Gasteiger partial charge in [-0.3, -0.25) is 4.79 Å². The Morgan fingerprint density at radius 3 is 2.71 bits per heavy atom. The van der Waals surface area contributed by atoms with Crippen LogP contribution in [0.25, 0.3) is 10.6 Å². The number of nitrogens with zero attached hydrogens (tertiary/aromatic N) is 1. The lowest BCUT2D eigenvalue weighted by Gasteiger charge is -2.04. The second-order valence-corrected chi connectivity index (χ2v) is 4.67. The maximum Gasteiger partial charge on any atom is 0.225 e. The van der Waals surface area contributed by atoms with E-state index in [2.05, 4.69) is 10.3 Å². The quantitative estimate of drug-likeness (QED) is 0.862. The number of alkyl halides is 1. The molecule has 88 valence electrons. The number of carbonyl (C=O) groups excluding carboxylic acids is 1. The molecule has 0 fully saturated rings. The third-order valence-electron chi connectivity index (χ3n) is 2.17. The molecule has 2 rings (SSSR count). The zero-order valence-electron chi connectivity index (χ0n) is 9.02. The van der Waals surface area contributed by atoms with Gasteiger partial charge in [-0.1, -0.05) is 0 Å². The molecule has 1 amide bonds. The maximum absolute atomic E-state index is 11.3. The fraction of sp³-hybridized carbons (Fsp3) is 0.167. The minimum Gasteiger partial charge on any atom is -0.326 e. The zero-order valence-corrected chi connectivity index (χ0v) is 10.6. The monoisotopic (exact) mass is 266 g/mol. The highest BCUT2D eigenvalue weighted by Crippen LogP contribution is 2.23. The van der Waals surface area contributed by atoms with Crippen molar-refractivity contribution < 1.29 is 4.79 Å². The Labute approximate surface area is 108 Å². The third-order valence-corrected chi connectivity index (χ3v) is 3.18. The van der Waals surface area contributed by atoms with E-state index in [1.165, 1.54) is 0 Å². The number of rotatable bonds is 4. The number of thiazole rings is 1. The first-order chi connectivity index (χ1) is 8.29. The van der Waals surface area contributed by atoms with Gasteiger partial charge in [0.25, 0.3) is 0 Å². The molecule has 1 aromatic carbocycles. The standard InChI is InChI=1S/C12H11ClN2OS/c13-6-5-11(16)15-10-3-1-9(2-4-10)12-14-7-8-17-12/h1-4,7-8H,5-6H2,(H,15,16). The van der Waals surface area contributed by atoms with E-state index in [0.717, 1.165) is 16.3 Å². The highest BCUT2D eigenvalue weighted by molar-refractivity contribution is 7.13. The van der Waals surface area contributed by atoms with Crippen molar-refractivity contribution in [2.24, 2.45) is 0 Å². The summed E-state index contributed by atoms with van der Waals surface area (Å²) in [7, 11) is 0. The Morgan fingerprint density at radius 1 is 1.35 bits per heavy atom. The topological polar surface area (TPSA) is 42.0 Å². The normalized spacial score (nSPS) is 10.2. The van der Waals surface area contributed by atoms with Gasteiger partial charge in [-0.15, -0.1) is 22.9 Å². The first-order valence-corrected chi connectivity index (χ1v) is 6.57. The van der Waals surface area contributed by atoms with Gasteiger partial charge in [-0.05, 0) is 24.3 Å². The summed E-state index contributed by atoms with van der Waals surface area (Å²) < 4.78 is 0. The zero-order chi connectivity index (χ0) is 12.1. The molecule has 1 heterocycles. The van der Waals surface area contributed by atoms with E-state index in [1.807, 2.05) is 29.6 Å². The summed E-state index contributed by atoms with van der Waals surface area (Å²) in [5.74, 6) is 0.269. The van der Waals surface area contributed by atoms with Crippen molar-refractivity contribution in [3.63, 3.8) is 0 Å². The highest BCUT2D eigenvalue weighted by atomic mass is 35.5. The molecule has 5 heteroatoms. The van der Waals surface area contributed by atoms with Crippen LogP contribution in [0.2, 0.25) is 0 Å². The smallest absolute Gasteiger partial charge is 0.225 e. The van der Waals surface area contributed by atoms with E-state index in [0.29, 0.717) is 12.3 Å². The van der Waals surface area contributed by atoms with Gasteiger partial charge in [-0.2, -0.15) is 0 Å². The van der Waals surface area contributed by atoms with E-state index < -0.39 is 0 Å². The molecular weight excluding hydrogens is 256 g/mol. The van der Waals surface area contributed by atoms with E-state index in [1.54, 1.807) is 17.5 Å². The number of hydrogen-bond acceptors (Lipinski definition) is 3. The number of amides is 1. The summed E-state index contributed by atoms with van der Waals surface area (Å²) in [6.07, 6.45) is 2.10. The molecule has 1 aromatic heterocycles. The first-order valence-electron chi connectivity index (χ1n) is 5.15. The van der Waals surface area contributed by atoms with Crippen molar-refractivity contribution in [3.05, 3.63) is 35.8 Å². The fourth-order valence-corrected chi connectivity index (χ4v) is 2.19. The SMILES string of the molecule is O=C(CCCl)Nc1ccc(-c2nccs2)cc1. The molecule has 0 unspecified atom stereocenters. The number of halogens is 1. The largest absolute Gasteiger partial charge is 0.326 e. The van der Waals surface area contributed by atoms with Gasteiger partial charge in [0.05, 0.1) is 0 Å². The summed E-state index contributed by atoms with van der Waals surface area (Å²) in [5.41, 5.74) is 1.83. The molecule has 0 spiro atoms. The number of aromatic nitrogens is 1. The lowest BCUT2D eigenvalue weighted by Crippen LogP contribution is -2.11. The Balaban J connectivity index is 2.06.